The van der Waals surface area contributed by atoms with Gasteiger partial charge < -0.3 is 22.5 Å². The van der Waals surface area contributed by atoms with Crippen LogP contribution in [0.15, 0.2) is 48.0 Å². The summed E-state index contributed by atoms with van der Waals surface area (Å²) in [4.78, 5) is 18.7. The Labute approximate surface area is 141 Å². The average Bonchev–Trinajstić information content (AvgIpc) is 2.89. The Bertz CT molecular complexity index is 716. The monoisotopic (exact) mass is 475 g/mol. The second-order valence-electron chi connectivity index (χ2n) is 3.58. The average molecular weight is 474 g/mol. The summed E-state index contributed by atoms with van der Waals surface area (Å²) in [5.41, 5.74) is 1.56. The molecule has 0 atom stereocenters. The summed E-state index contributed by atoms with van der Waals surface area (Å²) in [5.74, 6) is -0.0449. The van der Waals surface area contributed by atoms with Crippen LogP contribution < -0.4 is 17.5 Å². The zero-order valence-corrected chi connectivity index (χ0v) is 16.6. The van der Waals surface area contributed by atoms with Crippen LogP contribution in [0.1, 0.15) is 5.56 Å². The molecule has 3 rings (SSSR count). The van der Waals surface area contributed by atoms with Gasteiger partial charge >= 0.3 is 27.7 Å². The normalized spacial score (nSPS) is 10.7. The standard InChI is InChI=1S/C12H9N5O.ClH.Hg/c18-12(8-4-2-1-3-5-8)17-11-9-10(14-6-13-9)15-7-16-11;;/h1-7H,(H2,13,14,15,16,17,18);1H;/q;;+2/p-2. The fourth-order valence-electron chi connectivity index (χ4n) is 1.58. The van der Waals surface area contributed by atoms with Gasteiger partial charge in [0.05, 0.1) is 6.33 Å². The molecule has 20 heavy (non-hydrogen) atoms. The predicted octanol–water partition coefficient (Wildman–Crippen LogP) is -2.21. The number of nitrogens with zero attached hydrogens (tertiary/aromatic N) is 4. The molecule has 2 aromatic heterocycles. The molecule has 1 aromatic carbocycles. The first-order chi connectivity index (χ1) is 8.84. The van der Waals surface area contributed by atoms with Crippen molar-refractivity contribution in [3.8, 4) is 0 Å². The summed E-state index contributed by atoms with van der Waals surface area (Å²) in [6.45, 7) is 0. The van der Waals surface area contributed by atoms with Crippen LogP contribution in [0.25, 0.3) is 11.2 Å². The maximum atomic E-state index is 11.9. The number of imidazole rings is 1. The van der Waals surface area contributed by atoms with Gasteiger partial charge in [-0.05, 0) is 11.5 Å². The number of hydrogen-bond acceptors (Lipinski definition) is 5. The molecule has 0 fully saturated rings. The largest absolute Gasteiger partial charge is 2.00 e. The number of halogens is 1. The van der Waals surface area contributed by atoms with Crippen molar-refractivity contribution in [1.82, 2.24) is 19.9 Å². The molecule has 3 aromatic rings. The number of fused-ring (bicyclic) bond motifs is 1. The van der Waals surface area contributed by atoms with E-state index in [9.17, 15) is 5.11 Å². The second kappa shape index (κ2) is 7.30. The number of hydrogen-bond donors (Lipinski definition) is 1. The molecule has 0 spiro atoms. The van der Waals surface area contributed by atoms with Gasteiger partial charge in [0, 0.05) is 0 Å². The van der Waals surface area contributed by atoms with Crippen molar-refractivity contribution in [3.63, 3.8) is 0 Å². The van der Waals surface area contributed by atoms with Crippen LogP contribution in [0, 0.1) is 0 Å². The molecular formula is C12H8ClHgN5O. The number of nitrogens with one attached hydrogen (secondary N) is 1. The third-order valence-corrected chi connectivity index (χ3v) is 2.43. The summed E-state index contributed by atoms with van der Waals surface area (Å²) in [6.07, 6.45) is 2.83. The van der Waals surface area contributed by atoms with Crippen LogP contribution in [0.5, 0.6) is 0 Å². The van der Waals surface area contributed by atoms with E-state index in [0.29, 0.717) is 22.5 Å². The fourth-order valence-corrected chi connectivity index (χ4v) is 1.58. The van der Waals surface area contributed by atoms with Gasteiger partial charge in [-0.3, -0.25) is 0 Å². The van der Waals surface area contributed by atoms with Crippen molar-refractivity contribution in [3.05, 3.63) is 48.5 Å². The first kappa shape index (κ1) is 16.5. The van der Waals surface area contributed by atoms with Gasteiger partial charge in [-0.15, -0.1) is 0 Å². The van der Waals surface area contributed by atoms with E-state index >= 15 is 0 Å². The molecule has 0 aliphatic rings. The van der Waals surface area contributed by atoms with Crippen LogP contribution >= 0.6 is 0 Å². The Morgan fingerprint density at radius 1 is 1.10 bits per heavy atom. The van der Waals surface area contributed by atoms with E-state index in [2.05, 4.69) is 24.9 Å². The SMILES string of the molecule is [Cl-].[Hg+2].[O-]C(=Nc1ncnc2nc[nH]c12)c1ccccc1. The first-order valence-corrected chi connectivity index (χ1v) is 5.30. The van der Waals surface area contributed by atoms with Gasteiger partial charge in [0.2, 0.25) is 0 Å². The number of aromatic nitrogens is 4. The number of aromatic amines is 1. The van der Waals surface area contributed by atoms with Gasteiger partial charge in [0.15, 0.2) is 11.5 Å². The molecule has 96 valence electrons. The van der Waals surface area contributed by atoms with Gasteiger partial charge in [0.25, 0.3) is 0 Å². The van der Waals surface area contributed by atoms with Gasteiger partial charge in [-0.1, -0.05) is 30.3 Å². The third-order valence-electron chi connectivity index (χ3n) is 2.43. The Hall–Kier alpha value is -1.53. The molecule has 1 N–H and O–H groups in total. The Morgan fingerprint density at radius 2 is 1.85 bits per heavy atom. The van der Waals surface area contributed by atoms with Gasteiger partial charge in [-0.2, -0.15) is 0 Å². The van der Waals surface area contributed by atoms with Gasteiger partial charge in [-0.25, -0.2) is 19.9 Å². The molecule has 6 nitrogen and oxygen atoms in total. The summed E-state index contributed by atoms with van der Waals surface area (Å²) in [6, 6.07) is 8.83. The third kappa shape index (κ3) is 3.32. The quantitative estimate of drug-likeness (QED) is 0.259. The maximum absolute atomic E-state index is 11.9. The van der Waals surface area contributed by atoms with E-state index in [-0.39, 0.29) is 46.0 Å². The minimum Gasteiger partial charge on any atom is -1.00 e. The van der Waals surface area contributed by atoms with Crippen LogP contribution in [0.3, 0.4) is 0 Å². The summed E-state index contributed by atoms with van der Waals surface area (Å²) >= 11 is 0. The molecule has 0 aliphatic carbocycles. The van der Waals surface area contributed by atoms with Gasteiger partial charge in [0.1, 0.15) is 11.8 Å². The molecular weight excluding hydrogens is 466 g/mol. The maximum Gasteiger partial charge on any atom is 2.00 e. The zero-order valence-electron chi connectivity index (χ0n) is 10.3. The minimum atomic E-state index is -0.342. The molecule has 0 saturated heterocycles. The topological polar surface area (TPSA) is 89.9 Å². The van der Waals surface area contributed by atoms with E-state index in [1.165, 1.54) is 12.7 Å². The Balaban J connectivity index is 0.000001000. The van der Waals surface area contributed by atoms with Crippen LogP contribution in [-0.2, 0) is 27.7 Å². The van der Waals surface area contributed by atoms with Crippen molar-refractivity contribution < 1.29 is 45.2 Å². The number of aliphatic imine (C=N–C) groups is 1. The molecule has 0 amide bonds. The minimum absolute atomic E-state index is 0. The zero-order chi connectivity index (χ0) is 12.4. The second-order valence-corrected chi connectivity index (χ2v) is 3.58. The molecule has 0 unspecified atom stereocenters. The van der Waals surface area contributed by atoms with Crippen molar-refractivity contribution in [1.29, 1.82) is 0 Å². The summed E-state index contributed by atoms with van der Waals surface area (Å²) < 4.78 is 0. The van der Waals surface area contributed by atoms with Crippen LogP contribution in [0.2, 0.25) is 0 Å². The smallest absolute Gasteiger partial charge is 1.00 e. The Morgan fingerprint density at radius 3 is 2.60 bits per heavy atom. The summed E-state index contributed by atoms with van der Waals surface area (Å²) in [5, 5.41) is 11.9. The predicted molar refractivity (Wildman–Crippen MR) is 64.3 cm³/mol. The van der Waals surface area contributed by atoms with E-state index in [0.717, 1.165) is 0 Å². The first-order valence-electron chi connectivity index (χ1n) is 5.30. The van der Waals surface area contributed by atoms with E-state index in [1.54, 1.807) is 24.3 Å². The van der Waals surface area contributed by atoms with Crippen LogP contribution in [-0.4, -0.2) is 25.8 Å². The van der Waals surface area contributed by atoms with E-state index in [4.69, 9.17) is 0 Å². The molecule has 0 aliphatic heterocycles. The van der Waals surface area contributed by atoms with Crippen LogP contribution in [0.4, 0.5) is 5.82 Å². The molecule has 2 heterocycles. The molecule has 8 heteroatoms. The Kier molecular flexibility index (Phi) is 6.03. The van der Waals surface area contributed by atoms with E-state index < -0.39 is 0 Å². The van der Waals surface area contributed by atoms with Crippen molar-refractivity contribution in [2.45, 2.75) is 0 Å². The molecule has 0 saturated carbocycles. The fraction of sp³-hybridized carbons (Fsp3) is 0. The molecule has 0 radical (unpaired) electrons. The number of benzene rings is 1. The van der Waals surface area contributed by atoms with Crippen molar-refractivity contribution >= 4 is 22.9 Å². The number of rotatable bonds is 2. The van der Waals surface area contributed by atoms with Crippen molar-refractivity contribution in [2.24, 2.45) is 4.99 Å². The molecule has 0 bridgehead atoms. The number of H-pyrrole nitrogens is 1. The summed E-state index contributed by atoms with van der Waals surface area (Å²) in [7, 11) is 0. The van der Waals surface area contributed by atoms with Crippen molar-refractivity contribution in [2.75, 3.05) is 0 Å². The van der Waals surface area contributed by atoms with E-state index in [1.807, 2.05) is 6.07 Å².